The molecule has 0 spiro atoms. The molecule has 0 bridgehead atoms. The number of thiophene rings is 1. The van der Waals surface area contributed by atoms with E-state index in [2.05, 4.69) is 161 Å². The summed E-state index contributed by atoms with van der Waals surface area (Å²) in [5.41, 5.74) is 6.81. The first-order chi connectivity index (χ1) is 58.7. The van der Waals surface area contributed by atoms with Crippen molar-refractivity contribution < 1.29 is 41.9 Å². The second kappa shape index (κ2) is 39.9. The largest absolute Gasteiger partial charge is 0.351 e. The van der Waals surface area contributed by atoms with Gasteiger partial charge in [0.1, 0.15) is 35.6 Å². The van der Waals surface area contributed by atoms with Crippen LogP contribution in [0.15, 0.2) is 218 Å². The number of carbonyl (C=O) groups excluding carboxylic acids is 6. The Kier molecular flexibility index (Phi) is 29.9. The van der Waals surface area contributed by atoms with Crippen molar-refractivity contribution in [3.8, 4) is 33.4 Å². The van der Waals surface area contributed by atoms with Gasteiger partial charge in [0.25, 0.3) is 0 Å². The van der Waals surface area contributed by atoms with Gasteiger partial charge in [-0.2, -0.15) is 0 Å². The third-order valence-electron chi connectivity index (χ3n) is 25.0. The van der Waals surface area contributed by atoms with E-state index in [0.29, 0.717) is 58.6 Å². The van der Waals surface area contributed by atoms with Crippen LogP contribution in [0, 0.1) is 23.4 Å². The third-order valence-corrected chi connectivity index (χ3v) is 26.0. The maximum absolute atomic E-state index is 15.2. The first kappa shape index (κ1) is 92.9. The quantitative estimate of drug-likeness (QED) is 0.0281. The summed E-state index contributed by atoms with van der Waals surface area (Å²) in [6.07, 6.45) is 11.9. The molecule has 9 aromatic carbocycles. The molecule has 1 saturated carbocycles. The minimum absolute atomic E-state index is 0.0283. The van der Waals surface area contributed by atoms with Gasteiger partial charge in [-0.1, -0.05) is 220 Å². The molecule has 3 aliphatic heterocycles. The summed E-state index contributed by atoms with van der Waals surface area (Å²) in [7, 11) is 0. The number of fused-ring (bicyclic) bond motifs is 2. The van der Waals surface area contributed by atoms with Crippen LogP contribution in [0.2, 0.25) is 0 Å². The first-order valence-corrected chi connectivity index (χ1v) is 45.3. The topological polar surface area (TPSA) is 211 Å². The van der Waals surface area contributed by atoms with E-state index in [4.69, 9.17) is 0 Å². The average Bonchev–Trinajstić information content (AvgIpc) is 1.36. The van der Waals surface area contributed by atoms with Crippen LogP contribution < -0.4 is 47.9 Å². The van der Waals surface area contributed by atoms with E-state index in [-0.39, 0.29) is 104 Å². The summed E-state index contributed by atoms with van der Waals surface area (Å²) >= 11 is 1.63. The summed E-state index contributed by atoms with van der Waals surface area (Å²) in [5.74, 6) is -3.97. The van der Waals surface area contributed by atoms with Crippen molar-refractivity contribution in [2.24, 2.45) is 5.92 Å². The van der Waals surface area contributed by atoms with Crippen molar-refractivity contribution in [3.63, 3.8) is 0 Å². The van der Waals surface area contributed by atoms with E-state index >= 15 is 13.2 Å². The Morgan fingerprint density at radius 1 is 0.371 bits per heavy atom. The molecule has 10 aromatic rings. The lowest BCUT2D eigenvalue weighted by Crippen LogP contribution is -2.63. The number of benzene rings is 9. The SMILES string of the molecule is CC(C(=O)N[C@@H](CC1CCCCC1)C(=O)NC1CC(C)(C)NC(C)(C)C1)c1ccc(-c2ccccc2)c(F)c1.CC(C(=O)N[C@@H](Cc1ccc2ccccc2c1)C(=O)NC1CC(C)(C)NC(C)(C)C1)c1ccc(-c2ccccc2)c(F)c1.CC(C(=O)N[C@@H](Cc1csc2ccccc12)C(=O)NC1CC(C)(C)NC(C)(C)C1)c1ccc(-c2ccccc2)c(F)c1. The highest BCUT2D eigenvalue weighted by Crippen LogP contribution is 2.37. The van der Waals surface area contributed by atoms with Crippen molar-refractivity contribution >= 4 is 67.6 Å². The van der Waals surface area contributed by atoms with Crippen molar-refractivity contribution in [2.45, 2.75) is 281 Å². The fourth-order valence-corrected chi connectivity index (χ4v) is 20.9. The van der Waals surface area contributed by atoms with E-state index in [9.17, 15) is 28.8 Å². The second-order valence-electron chi connectivity index (χ2n) is 39.3. The minimum Gasteiger partial charge on any atom is -0.351 e. The molecule has 4 aliphatic rings. The van der Waals surface area contributed by atoms with Gasteiger partial charge in [0.15, 0.2) is 0 Å². The van der Waals surface area contributed by atoms with E-state index in [1.165, 1.54) is 37.5 Å². The number of hydrogen-bond donors (Lipinski definition) is 9. The third kappa shape index (κ3) is 25.3. The molecule has 4 heterocycles. The molecular formula is C105H128F3N9O6S. The summed E-state index contributed by atoms with van der Waals surface area (Å²) in [6, 6.07) is 63.0. The Labute approximate surface area is 736 Å². The van der Waals surface area contributed by atoms with Gasteiger partial charge in [0.05, 0.1) is 17.8 Å². The number of amides is 6. The number of nitrogens with one attached hydrogen (secondary N) is 9. The second-order valence-corrected chi connectivity index (χ2v) is 40.2. The van der Waals surface area contributed by atoms with Gasteiger partial charge in [-0.3, -0.25) is 28.8 Å². The highest BCUT2D eigenvalue weighted by Gasteiger charge is 2.43. The zero-order valence-electron chi connectivity index (χ0n) is 74.9. The molecule has 14 rings (SSSR count). The van der Waals surface area contributed by atoms with Crippen LogP contribution in [0.5, 0.6) is 0 Å². The van der Waals surface area contributed by atoms with Crippen molar-refractivity contribution in [1.82, 2.24) is 47.9 Å². The normalized spacial score (nSPS) is 18.8. The Bertz CT molecular complexity index is 5330. The predicted octanol–water partition coefficient (Wildman–Crippen LogP) is 20.3. The summed E-state index contributed by atoms with van der Waals surface area (Å²) in [5, 5.41) is 35.2. The van der Waals surface area contributed by atoms with Gasteiger partial charge in [0.2, 0.25) is 35.4 Å². The molecule has 0 radical (unpaired) electrons. The maximum Gasteiger partial charge on any atom is 0.243 e. The molecule has 6 atom stereocenters. The minimum atomic E-state index is -0.786. The molecule has 15 nitrogen and oxygen atoms in total. The number of hydrogen-bond acceptors (Lipinski definition) is 10. The van der Waals surface area contributed by atoms with Gasteiger partial charge in [-0.05, 0) is 245 Å². The van der Waals surface area contributed by atoms with Crippen LogP contribution in [-0.2, 0) is 41.6 Å². The highest BCUT2D eigenvalue weighted by molar-refractivity contribution is 7.17. The van der Waals surface area contributed by atoms with Crippen LogP contribution >= 0.6 is 11.3 Å². The average molecular weight is 1700 g/mol. The molecule has 656 valence electrons. The fraction of sp³-hybridized carbons (Fsp3) is 0.429. The number of rotatable bonds is 24. The lowest BCUT2D eigenvalue weighted by molar-refractivity contribution is -0.130. The van der Waals surface area contributed by atoms with Crippen LogP contribution in [-0.4, -0.2) is 105 Å². The standard InChI is InChI=1S/C37H42FN3O2.C35H40FN3O2S.C33H46FN3O2/c1-24(28-17-18-31(32(38)21-28)27-12-7-6-8-13-27)34(42)40-33(20-25-15-16-26-11-9-10-14-29(26)19-25)35(43)39-30-22-36(2,3)41-37(4,5)23-30;1-22(24-15-16-27(29(36)17-24)23-11-7-6-8-12-23)32(40)38-30(18-25-21-42-31-14-10-9-13-28(25)31)33(41)37-26-19-34(2,3)39-35(4,5)20-26;1-22(25-16-17-27(28(34)19-25)24-14-10-7-11-15-24)30(38)36-29(18-23-12-8-6-9-13-23)31(39)35-26-20-32(2,3)37-33(4,5)21-26/h6-19,21,24,30,33,41H,20,22-23H2,1-5H3,(H,39,43)(H,40,42);6-17,21-22,26,30,39H,18-20H2,1-5H3,(H,37,41)(H,38,40);7,10-11,14-17,19,22-23,26,29,37H,6,8-9,12-13,18,20-21H2,1-5H3,(H,35,39)(H,36,38)/t24?,33-;22?,30-;22?,29-/m000/s1. The summed E-state index contributed by atoms with van der Waals surface area (Å²) < 4.78 is 46.5. The van der Waals surface area contributed by atoms with E-state index in [1.54, 1.807) is 62.4 Å². The van der Waals surface area contributed by atoms with E-state index < -0.39 is 35.9 Å². The van der Waals surface area contributed by atoms with Crippen molar-refractivity contribution in [1.29, 1.82) is 0 Å². The van der Waals surface area contributed by atoms with Crippen LogP contribution in [0.25, 0.3) is 54.2 Å². The Hall–Kier alpha value is -10.3. The van der Waals surface area contributed by atoms with Gasteiger partial charge in [0, 0.05) is 85.6 Å². The monoisotopic (exact) mass is 1700 g/mol. The fourth-order valence-electron chi connectivity index (χ4n) is 19.9. The summed E-state index contributed by atoms with van der Waals surface area (Å²) in [4.78, 5) is 82.0. The van der Waals surface area contributed by atoms with Gasteiger partial charge >= 0.3 is 0 Å². The number of carbonyl (C=O) groups is 6. The Morgan fingerprint density at radius 3 is 1.10 bits per heavy atom. The molecule has 124 heavy (non-hydrogen) atoms. The molecule has 3 saturated heterocycles. The predicted molar refractivity (Wildman–Crippen MR) is 498 cm³/mol. The molecule has 1 aliphatic carbocycles. The highest BCUT2D eigenvalue weighted by atomic mass is 32.1. The zero-order chi connectivity index (χ0) is 89.1. The maximum atomic E-state index is 15.2. The van der Waals surface area contributed by atoms with Crippen LogP contribution in [0.3, 0.4) is 0 Å². The lowest BCUT2D eigenvalue weighted by atomic mass is 9.79. The van der Waals surface area contributed by atoms with Gasteiger partial charge in [-0.25, -0.2) is 13.2 Å². The van der Waals surface area contributed by atoms with E-state index in [1.807, 2.05) is 140 Å². The molecular weight excluding hydrogens is 1570 g/mol. The number of piperidine rings is 3. The van der Waals surface area contributed by atoms with Crippen molar-refractivity contribution in [2.75, 3.05) is 0 Å². The van der Waals surface area contributed by atoms with Gasteiger partial charge in [-0.15, -0.1) is 11.3 Å². The summed E-state index contributed by atoms with van der Waals surface area (Å²) in [6.45, 7) is 31.1. The molecule has 1 aromatic heterocycles. The van der Waals surface area contributed by atoms with E-state index in [0.717, 1.165) is 100 Å². The molecule has 9 N–H and O–H groups in total. The van der Waals surface area contributed by atoms with Crippen LogP contribution in [0.1, 0.15) is 226 Å². The molecule has 6 amide bonds. The number of halogens is 3. The molecule has 3 unspecified atom stereocenters. The first-order valence-electron chi connectivity index (χ1n) is 44.4. The van der Waals surface area contributed by atoms with Crippen molar-refractivity contribution in [3.05, 3.63) is 263 Å². The molecule has 4 fully saturated rings. The smallest absolute Gasteiger partial charge is 0.243 e. The zero-order valence-corrected chi connectivity index (χ0v) is 75.8. The lowest BCUT2D eigenvalue weighted by Gasteiger charge is -2.47. The Balaban J connectivity index is 0.000000170. The van der Waals surface area contributed by atoms with Gasteiger partial charge < -0.3 is 47.9 Å². The molecule has 19 heteroatoms. The van der Waals surface area contributed by atoms with Crippen LogP contribution in [0.4, 0.5) is 13.2 Å². The Morgan fingerprint density at radius 2 is 0.710 bits per heavy atom.